The van der Waals surface area contributed by atoms with Crippen LogP contribution in [0.4, 0.5) is 0 Å². The van der Waals surface area contributed by atoms with Crippen molar-refractivity contribution in [3.63, 3.8) is 0 Å². The Labute approximate surface area is 94.0 Å². The standard InChI is InChI=1S/C14H7N2/c15-9-11-6-7-14(13(8-11)10-16)12-4-2-1-3-5-12/h2-8H. The topological polar surface area (TPSA) is 47.6 Å². The second kappa shape index (κ2) is 4.29. The van der Waals surface area contributed by atoms with E-state index in [1.54, 1.807) is 30.3 Å². The zero-order chi connectivity index (χ0) is 11.4. The predicted octanol–water partition coefficient (Wildman–Crippen LogP) is 2.90. The first-order valence-corrected chi connectivity index (χ1v) is 4.76. The van der Waals surface area contributed by atoms with Gasteiger partial charge >= 0.3 is 0 Å². The zero-order valence-electron chi connectivity index (χ0n) is 8.44. The molecule has 2 nitrogen and oxygen atoms in total. The van der Waals surface area contributed by atoms with E-state index in [2.05, 4.69) is 12.1 Å². The smallest absolute Gasteiger partial charge is 0.0998 e. The maximum absolute atomic E-state index is 9.03. The van der Waals surface area contributed by atoms with E-state index in [-0.39, 0.29) is 0 Å². The molecule has 0 unspecified atom stereocenters. The van der Waals surface area contributed by atoms with Crippen LogP contribution in [0.25, 0.3) is 11.1 Å². The number of nitrogens with zero attached hydrogens (tertiary/aromatic N) is 2. The molecule has 0 atom stereocenters. The van der Waals surface area contributed by atoms with Crippen LogP contribution in [0.1, 0.15) is 11.1 Å². The van der Waals surface area contributed by atoms with Crippen LogP contribution in [0.3, 0.4) is 0 Å². The second-order valence-corrected chi connectivity index (χ2v) is 3.27. The van der Waals surface area contributed by atoms with Crippen LogP contribution in [0.2, 0.25) is 0 Å². The Morgan fingerprint density at radius 3 is 2.31 bits per heavy atom. The van der Waals surface area contributed by atoms with Gasteiger partial charge in [0.1, 0.15) is 0 Å². The molecule has 2 aromatic carbocycles. The third-order valence-electron chi connectivity index (χ3n) is 2.30. The Morgan fingerprint density at radius 2 is 1.69 bits per heavy atom. The zero-order valence-corrected chi connectivity index (χ0v) is 8.44. The highest BCUT2D eigenvalue weighted by atomic mass is 14.3. The fraction of sp³-hybridized carbons (Fsp3) is 0. The van der Waals surface area contributed by atoms with E-state index in [0.29, 0.717) is 11.1 Å². The van der Waals surface area contributed by atoms with Crippen LogP contribution in [0.5, 0.6) is 0 Å². The molecule has 0 aliphatic carbocycles. The fourth-order valence-corrected chi connectivity index (χ4v) is 1.52. The van der Waals surface area contributed by atoms with Crippen LogP contribution in [0, 0.1) is 28.7 Å². The van der Waals surface area contributed by atoms with Crippen LogP contribution in [-0.4, -0.2) is 0 Å². The van der Waals surface area contributed by atoms with Crippen molar-refractivity contribution in [2.24, 2.45) is 0 Å². The molecule has 2 heteroatoms. The molecule has 0 N–H and O–H groups in total. The molecule has 1 radical (unpaired) electrons. The van der Waals surface area contributed by atoms with E-state index in [1.165, 1.54) is 0 Å². The van der Waals surface area contributed by atoms with Crippen molar-refractivity contribution in [1.82, 2.24) is 0 Å². The molecule has 2 aromatic rings. The van der Waals surface area contributed by atoms with E-state index in [4.69, 9.17) is 10.5 Å². The van der Waals surface area contributed by atoms with E-state index in [0.717, 1.165) is 11.1 Å². The lowest BCUT2D eigenvalue weighted by Gasteiger charge is -2.03. The molecule has 0 saturated carbocycles. The molecule has 2 rings (SSSR count). The molecule has 0 aromatic heterocycles. The molecule has 0 spiro atoms. The van der Waals surface area contributed by atoms with E-state index in [1.807, 2.05) is 18.2 Å². The highest BCUT2D eigenvalue weighted by molar-refractivity contribution is 5.71. The predicted molar refractivity (Wildman–Crippen MR) is 60.1 cm³/mol. The first-order chi connectivity index (χ1) is 7.85. The summed E-state index contributed by atoms with van der Waals surface area (Å²) in [5.41, 5.74) is 2.82. The summed E-state index contributed by atoms with van der Waals surface area (Å²) in [6, 6.07) is 19.6. The first kappa shape index (κ1) is 9.96. The number of nitriles is 2. The van der Waals surface area contributed by atoms with Gasteiger partial charge in [-0.3, -0.25) is 0 Å². The third-order valence-corrected chi connectivity index (χ3v) is 2.30. The SMILES string of the molecule is N#Cc1ccc(-c2cc[c]cc2)c(C#N)c1. The van der Waals surface area contributed by atoms with Gasteiger partial charge in [-0.15, -0.1) is 0 Å². The largest absolute Gasteiger partial charge is 0.192 e. The lowest BCUT2D eigenvalue weighted by atomic mass is 9.99. The Kier molecular flexibility index (Phi) is 2.67. The van der Waals surface area contributed by atoms with Crippen LogP contribution in [0.15, 0.2) is 42.5 Å². The van der Waals surface area contributed by atoms with Crippen LogP contribution >= 0.6 is 0 Å². The van der Waals surface area contributed by atoms with Gasteiger partial charge in [-0.1, -0.05) is 30.3 Å². The molecule has 0 saturated heterocycles. The van der Waals surface area contributed by atoms with Crippen LogP contribution in [-0.2, 0) is 0 Å². The Bertz CT molecular complexity index is 586. The maximum Gasteiger partial charge on any atom is 0.0998 e. The molecule has 0 heterocycles. The minimum atomic E-state index is 0.503. The molecule has 16 heavy (non-hydrogen) atoms. The molecule has 0 aliphatic heterocycles. The maximum atomic E-state index is 9.03. The summed E-state index contributed by atoms with van der Waals surface area (Å²) in [7, 11) is 0. The quantitative estimate of drug-likeness (QED) is 0.715. The molecule has 73 valence electrons. The average molecular weight is 203 g/mol. The van der Waals surface area contributed by atoms with Crippen molar-refractivity contribution >= 4 is 0 Å². The highest BCUT2D eigenvalue weighted by Gasteiger charge is 2.05. The highest BCUT2D eigenvalue weighted by Crippen LogP contribution is 2.23. The molecule has 0 bridgehead atoms. The van der Waals surface area contributed by atoms with Gasteiger partial charge < -0.3 is 0 Å². The second-order valence-electron chi connectivity index (χ2n) is 3.27. The lowest BCUT2D eigenvalue weighted by molar-refractivity contribution is 1.44. The van der Waals surface area contributed by atoms with E-state index >= 15 is 0 Å². The van der Waals surface area contributed by atoms with Gasteiger partial charge in [-0.2, -0.15) is 10.5 Å². The molecular formula is C14H7N2. The van der Waals surface area contributed by atoms with E-state index in [9.17, 15) is 0 Å². The van der Waals surface area contributed by atoms with Gasteiger partial charge in [0.2, 0.25) is 0 Å². The molecule has 0 fully saturated rings. The molecule has 0 aliphatic rings. The fourth-order valence-electron chi connectivity index (χ4n) is 1.52. The number of rotatable bonds is 1. The number of hydrogen-bond donors (Lipinski definition) is 0. The van der Waals surface area contributed by atoms with Crippen molar-refractivity contribution in [3.05, 3.63) is 59.7 Å². The molecular weight excluding hydrogens is 196 g/mol. The summed E-state index contributed by atoms with van der Waals surface area (Å²) in [6.07, 6.45) is 0. The van der Waals surface area contributed by atoms with Gasteiger partial charge in [0.05, 0.1) is 23.3 Å². The average Bonchev–Trinajstić information content (AvgIpc) is 2.39. The monoisotopic (exact) mass is 203 g/mol. The minimum Gasteiger partial charge on any atom is -0.192 e. The summed E-state index contributed by atoms with van der Waals surface area (Å²) in [4.78, 5) is 0. The summed E-state index contributed by atoms with van der Waals surface area (Å²) in [5.74, 6) is 0. The lowest BCUT2D eigenvalue weighted by Crippen LogP contribution is -1.85. The van der Waals surface area contributed by atoms with Crippen molar-refractivity contribution in [1.29, 1.82) is 10.5 Å². The summed E-state index contributed by atoms with van der Waals surface area (Å²) < 4.78 is 0. The van der Waals surface area contributed by atoms with Crippen molar-refractivity contribution < 1.29 is 0 Å². The Hall–Kier alpha value is -2.58. The van der Waals surface area contributed by atoms with Crippen molar-refractivity contribution in [2.45, 2.75) is 0 Å². The van der Waals surface area contributed by atoms with Crippen LogP contribution < -0.4 is 0 Å². The first-order valence-electron chi connectivity index (χ1n) is 4.76. The summed E-state index contributed by atoms with van der Waals surface area (Å²) in [5, 5.41) is 17.8. The van der Waals surface area contributed by atoms with Gasteiger partial charge in [0.25, 0.3) is 0 Å². The Morgan fingerprint density at radius 1 is 0.938 bits per heavy atom. The Balaban J connectivity index is 2.60. The van der Waals surface area contributed by atoms with Gasteiger partial charge in [-0.05, 0) is 29.3 Å². The van der Waals surface area contributed by atoms with Crippen molar-refractivity contribution in [3.8, 4) is 23.3 Å². The summed E-state index contributed by atoms with van der Waals surface area (Å²) >= 11 is 0. The number of benzene rings is 2. The minimum absolute atomic E-state index is 0.503. The van der Waals surface area contributed by atoms with Gasteiger partial charge in [0, 0.05) is 0 Å². The normalized spacial score (nSPS) is 9.12. The van der Waals surface area contributed by atoms with Gasteiger partial charge in [0.15, 0.2) is 0 Å². The molecule has 0 amide bonds. The summed E-state index contributed by atoms with van der Waals surface area (Å²) in [6.45, 7) is 0. The van der Waals surface area contributed by atoms with E-state index < -0.39 is 0 Å². The van der Waals surface area contributed by atoms with Gasteiger partial charge in [-0.25, -0.2) is 0 Å². The number of hydrogen-bond acceptors (Lipinski definition) is 2. The van der Waals surface area contributed by atoms with Crippen molar-refractivity contribution in [2.75, 3.05) is 0 Å². The third kappa shape index (κ3) is 1.78.